The Morgan fingerprint density at radius 2 is 1.80 bits per heavy atom. The molecule has 0 fully saturated rings. The highest BCUT2D eigenvalue weighted by molar-refractivity contribution is 5.83. The topological polar surface area (TPSA) is 88.5 Å². The largest absolute Gasteiger partial charge is 0.399 e. The van der Waals surface area contributed by atoms with Gasteiger partial charge in [0.25, 0.3) is 0 Å². The fourth-order valence-corrected chi connectivity index (χ4v) is 2.03. The van der Waals surface area contributed by atoms with E-state index in [9.17, 15) is 0 Å². The highest BCUT2D eigenvalue weighted by Gasteiger charge is 2.08. The minimum atomic E-state index is 0.589. The molecule has 0 saturated heterocycles. The number of aryl methyl sites for hydroxylation is 1. The third-order valence-electron chi connectivity index (χ3n) is 3.13. The Kier molecular flexibility index (Phi) is 3.79. The van der Waals surface area contributed by atoms with E-state index in [2.05, 4.69) is 22.3 Å². The molecule has 0 radical (unpaired) electrons. The first-order chi connectivity index (χ1) is 9.55. The Balaban J connectivity index is 2.44. The minimum absolute atomic E-state index is 0.589. The number of nitrogens with two attached hydrogens (primary N) is 2. The van der Waals surface area contributed by atoms with Gasteiger partial charge < -0.3 is 22.1 Å². The average Bonchev–Trinajstić information content (AvgIpc) is 2.43. The highest BCUT2D eigenvalue weighted by Crippen LogP contribution is 2.35. The number of hydrogen-bond acceptors (Lipinski definition) is 5. The van der Waals surface area contributed by atoms with Gasteiger partial charge in [-0.05, 0) is 49.5 Å². The molecule has 0 spiro atoms. The van der Waals surface area contributed by atoms with Gasteiger partial charge in [-0.25, -0.2) is 0 Å². The van der Waals surface area contributed by atoms with Crippen molar-refractivity contribution in [1.82, 2.24) is 0 Å². The third kappa shape index (κ3) is 2.66. The zero-order valence-electron chi connectivity index (χ0n) is 11.7. The van der Waals surface area contributed by atoms with Gasteiger partial charge in [-0.1, -0.05) is 0 Å². The van der Waals surface area contributed by atoms with Crippen molar-refractivity contribution in [3.63, 3.8) is 0 Å². The molecule has 20 heavy (non-hydrogen) atoms. The maximum atomic E-state index is 5.96. The number of rotatable bonds is 4. The van der Waals surface area contributed by atoms with Gasteiger partial charge in [-0.3, -0.25) is 4.99 Å². The average molecular weight is 269 g/mol. The third-order valence-corrected chi connectivity index (χ3v) is 3.13. The maximum absolute atomic E-state index is 5.96. The first-order valence-corrected chi connectivity index (χ1v) is 6.26. The van der Waals surface area contributed by atoms with Crippen LogP contribution in [0.5, 0.6) is 0 Å². The quantitative estimate of drug-likeness (QED) is 0.506. The molecule has 104 valence electrons. The lowest BCUT2D eigenvalue weighted by Crippen LogP contribution is -1.99. The molecule has 6 N–H and O–H groups in total. The smallest absolute Gasteiger partial charge is 0.0861 e. The van der Waals surface area contributed by atoms with E-state index in [1.54, 1.807) is 12.1 Å². The lowest BCUT2D eigenvalue weighted by Gasteiger charge is -2.15. The van der Waals surface area contributed by atoms with Crippen LogP contribution in [0, 0.1) is 6.92 Å². The summed E-state index contributed by atoms with van der Waals surface area (Å²) < 4.78 is 0. The summed E-state index contributed by atoms with van der Waals surface area (Å²) in [7, 11) is 1.88. The SMILES string of the molecule is C=Nc1cc(C)c(NC)cc1Nc1ccc(N)cc1N. The van der Waals surface area contributed by atoms with Gasteiger partial charge in [0.15, 0.2) is 0 Å². The second kappa shape index (κ2) is 5.52. The zero-order valence-corrected chi connectivity index (χ0v) is 11.7. The van der Waals surface area contributed by atoms with Crippen molar-refractivity contribution in [2.24, 2.45) is 4.99 Å². The van der Waals surface area contributed by atoms with Crippen LogP contribution in [0.2, 0.25) is 0 Å². The van der Waals surface area contributed by atoms with E-state index in [4.69, 9.17) is 11.5 Å². The second-order valence-electron chi connectivity index (χ2n) is 4.56. The standard InChI is InChI=1S/C15H19N5/c1-9-6-14(19-3)15(8-13(9)18-2)20-12-5-4-10(16)7-11(12)17/h4-8,18,20H,3,16-17H2,1-2H3. The van der Waals surface area contributed by atoms with Crippen LogP contribution in [0.15, 0.2) is 35.3 Å². The number of benzene rings is 2. The molecule has 0 unspecified atom stereocenters. The van der Waals surface area contributed by atoms with Crippen LogP contribution in [0.25, 0.3) is 0 Å². The van der Waals surface area contributed by atoms with Gasteiger partial charge in [-0.2, -0.15) is 0 Å². The summed E-state index contributed by atoms with van der Waals surface area (Å²) in [6.07, 6.45) is 0. The van der Waals surface area contributed by atoms with Crippen LogP contribution in [-0.4, -0.2) is 13.8 Å². The number of anilines is 5. The van der Waals surface area contributed by atoms with Crippen molar-refractivity contribution in [2.75, 3.05) is 29.1 Å². The van der Waals surface area contributed by atoms with Crippen molar-refractivity contribution in [3.8, 4) is 0 Å². The molecule has 0 atom stereocenters. The van der Waals surface area contributed by atoms with E-state index < -0.39 is 0 Å². The molecule has 0 aromatic heterocycles. The Hall–Kier alpha value is -2.69. The van der Waals surface area contributed by atoms with Crippen LogP contribution in [0.4, 0.5) is 34.1 Å². The molecular weight excluding hydrogens is 250 g/mol. The summed E-state index contributed by atoms with van der Waals surface area (Å²) >= 11 is 0. The van der Waals surface area contributed by atoms with Crippen LogP contribution in [-0.2, 0) is 0 Å². The van der Waals surface area contributed by atoms with Gasteiger partial charge in [0.1, 0.15) is 0 Å². The monoisotopic (exact) mass is 269 g/mol. The number of nitrogens with one attached hydrogen (secondary N) is 2. The van der Waals surface area contributed by atoms with Gasteiger partial charge in [0.2, 0.25) is 0 Å². The van der Waals surface area contributed by atoms with Gasteiger partial charge in [-0.15, -0.1) is 0 Å². The lowest BCUT2D eigenvalue weighted by atomic mass is 10.1. The molecule has 5 heteroatoms. The Bertz CT molecular complexity index is 649. The Morgan fingerprint density at radius 1 is 1.05 bits per heavy atom. The van der Waals surface area contributed by atoms with E-state index in [0.29, 0.717) is 11.4 Å². The fourth-order valence-electron chi connectivity index (χ4n) is 2.03. The summed E-state index contributed by atoms with van der Waals surface area (Å²) in [5, 5.41) is 6.41. The van der Waals surface area contributed by atoms with Crippen molar-refractivity contribution in [1.29, 1.82) is 0 Å². The number of nitrogen functional groups attached to an aromatic ring is 2. The summed E-state index contributed by atoms with van der Waals surface area (Å²) in [5.41, 5.74) is 17.4. The van der Waals surface area contributed by atoms with Gasteiger partial charge in [0.05, 0.1) is 22.7 Å². The van der Waals surface area contributed by atoms with Crippen molar-refractivity contribution >= 4 is 40.8 Å². The van der Waals surface area contributed by atoms with E-state index in [1.807, 2.05) is 32.2 Å². The van der Waals surface area contributed by atoms with Gasteiger partial charge in [0, 0.05) is 18.4 Å². The zero-order chi connectivity index (χ0) is 14.7. The molecule has 2 rings (SSSR count). The summed E-state index contributed by atoms with van der Waals surface area (Å²) in [6.45, 7) is 5.62. The number of nitrogens with zero attached hydrogens (tertiary/aromatic N) is 1. The lowest BCUT2D eigenvalue weighted by molar-refractivity contribution is 1.38. The normalized spacial score (nSPS) is 10.1. The Labute approximate surface area is 118 Å². The molecule has 5 nitrogen and oxygen atoms in total. The number of hydrogen-bond donors (Lipinski definition) is 4. The molecule has 2 aromatic carbocycles. The minimum Gasteiger partial charge on any atom is -0.399 e. The van der Waals surface area contributed by atoms with Crippen LogP contribution in [0.3, 0.4) is 0 Å². The van der Waals surface area contributed by atoms with E-state index >= 15 is 0 Å². The first-order valence-electron chi connectivity index (χ1n) is 6.26. The molecule has 2 aromatic rings. The first kappa shape index (κ1) is 13.7. The molecule has 0 saturated carbocycles. The van der Waals surface area contributed by atoms with Crippen molar-refractivity contribution in [2.45, 2.75) is 6.92 Å². The van der Waals surface area contributed by atoms with E-state index in [-0.39, 0.29) is 0 Å². The summed E-state index contributed by atoms with van der Waals surface area (Å²) in [5.74, 6) is 0. The van der Waals surface area contributed by atoms with E-state index in [1.165, 1.54) is 0 Å². The molecule has 0 aliphatic rings. The predicted octanol–water partition coefficient (Wildman–Crippen LogP) is 3.28. The molecule has 0 aliphatic heterocycles. The molecule has 0 amide bonds. The summed E-state index contributed by atoms with van der Waals surface area (Å²) in [4.78, 5) is 4.04. The Morgan fingerprint density at radius 3 is 2.40 bits per heavy atom. The predicted molar refractivity (Wildman–Crippen MR) is 88.5 cm³/mol. The summed E-state index contributed by atoms with van der Waals surface area (Å²) in [6, 6.07) is 9.31. The maximum Gasteiger partial charge on any atom is 0.0861 e. The fraction of sp³-hybridized carbons (Fsp3) is 0.133. The van der Waals surface area contributed by atoms with Crippen molar-refractivity contribution in [3.05, 3.63) is 35.9 Å². The molecular formula is C15H19N5. The van der Waals surface area contributed by atoms with Crippen LogP contribution in [0.1, 0.15) is 5.56 Å². The second-order valence-corrected chi connectivity index (χ2v) is 4.56. The van der Waals surface area contributed by atoms with Gasteiger partial charge >= 0.3 is 0 Å². The highest BCUT2D eigenvalue weighted by atomic mass is 14.9. The molecule has 0 aliphatic carbocycles. The van der Waals surface area contributed by atoms with E-state index in [0.717, 1.165) is 28.3 Å². The van der Waals surface area contributed by atoms with Crippen LogP contribution >= 0.6 is 0 Å². The van der Waals surface area contributed by atoms with Crippen molar-refractivity contribution < 1.29 is 0 Å². The van der Waals surface area contributed by atoms with Crippen LogP contribution < -0.4 is 22.1 Å². The molecule has 0 bridgehead atoms. The number of aliphatic imine (C=N–C) groups is 1. The molecule has 0 heterocycles.